The van der Waals surface area contributed by atoms with Crippen LogP contribution in [0.15, 0.2) is 36.4 Å². The predicted molar refractivity (Wildman–Crippen MR) is 98.6 cm³/mol. The van der Waals surface area contributed by atoms with Crippen LogP contribution in [-0.4, -0.2) is 15.9 Å². The number of fused-ring (bicyclic) bond motifs is 1. The highest BCUT2D eigenvalue weighted by atomic mass is 16.5. The fourth-order valence-electron chi connectivity index (χ4n) is 2.99. The van der Waals surface area contributed by atoms with E-state index < -0.39 is 0 Å². The van der Waals surface area contributed by atoms with Gasteiger partial charge in [0, 0.05) is 13.5 Å². The molecule has 0 saturated carbocycles. The Morgan fingerprint density at radius 2 is 1.92 bits per heavy atom. The third-order valence-electron chi connectivity index (χ3n) is 4.20. The lowest BCUT2D eigenvalue weighted by molar-refractivity contribution is -0.131. The van der Waals surface area contributed by atoms with Crippen LogP contribution in [0.5, 0.6) is 5.75 Å². The second-order valence-corrected chi connectivity index (χ2v) is 6.39. The van der Waals surface area contributed by atoms with Gasteiger partial charge in [0.1, 0.15) is 11.6 Å². The average molecular weight is 337 g/mol. The third-order valence-corrected chi connectivity index (χ3v) is 4.20. The number of ether oxygens (including phenoxy) is 1. The van der Waals surface area contributed by atoms with Crippen molar-refractivity contribution < 1.29 is 9.53 Å². The van der Waals surface area contributed by atoms with Crippen molar-refractivity contribution in [2.75, 3.05) is 0 Å². The lowest BCUT2D eigenvalue weighted by Crippen LogP contribution is -2.19. The summed E-state index contributed by atoms with van der Waals surface area (Å²) in [6.07, 6.45) is 0. The Labute approximate surface area is 147 Å². The molecule has 130 valence electrons. The largest absolute Gasteiger partial charge is 0.426 e. The lowest BCUT2D eigenvalue weighted by atomic mass is 10.1. The van der Waals surface area contributed by atoms with Gasteiger partial charge in [-0.05, 0) is 49.6 Å². The third kappa shape index (κ3) is 3.88. The molecular weight excluding hydrogens is 314 g/mol. The zero-order valence-electron chi connectivity index (χ0n) is 15.0. The minimum absolute atomic E-state index is 0.0983. The number of nitrogens with one attached hydrogen (secondary N) is 2. The second kappa shape index (κ2) is 7.07. The Bertz CT molecular complexity index is 858. The summed E-state index contributed by atoms with van der Waals surface area (Å²) >= 11 is 0. The molecule has 0 aliphatic rings. The van der Waals surface area contributed by atoms with Gasteiger partial charge in [0.25, 0.3) is 0 Å². The van der Waals surface area contributed by atoms with Crippen molar-refractivity contribution in [3.8, 4) is 5.75 Å². The number of para-hydroxylation sites is 2. The molecule has 1 aromatic heterocycles. The van der Waals surface area contributed by atoms with Gasteiger partial charge in [-0.2, -0.15) is 0 Å². The summed E-state index contributed by atoms with van der Waals surface area (Å²) in [7, 11) is 0. The molecule has 1 heterocycles. The first-order valence-electron chi connectivity index (χ1n) is 8.40. The van der Waals surface area contributed by atoms with E-state index in [1.54, 1.807) is 0 Å². The van der Waals surface area contributed by atoms with E-state index >= 15 is 0 Å². The highest BCUT2D eigenvalue weighted by molar-refractivity contribution is 5.74. The Morgan fingerprint density at radius 3 is 2.56 bits per heavy atom. The van der Waals surface area contributed by atoms with E-state index in [0.717, 1.165) is 33.5 Å². The molecule has 2 aromatic carbocycles. The van der Waals surface area contributed by atoms with Crippen molar-refractivity contribution in [2.45, 2.75) is 40.3 Å². The first-order chi connectivity index (χ1) is 11.9. The van der Waals surface area contributed by atoms with Gasteiger partial charge in [-0.25, -0.2) is 4.98 Å². The molecule has 0 aliphatic carbocycles. The molecule has 0 radical (unpaired) electrons. The van der Waals surface area contributed by atoms with Crippen LogP contribution >= 0.6 is 0 Å². The first-order valence-corrected chi connectivity index (χ1v) is 8.40. The zero-order valence-corrected chi connectivity index (χ0v) is 15.0. The molecule has 2 N–H and O–H groups in total. The van der Waals surface area contributed by atoms with Gasteiger partial charge < -0.3 is 15.0 Å². The second-order valence-electron chi connectivity index (χ2n) is 6.39. The van der Waals surface area contributed by atoms with Crippen LogP contribution in [0.25, 0.3) is 11.0 Å². The Morgan fingerprint density at radius 1 is 1.24 bits per heavy atom. The average Bonchev–Trinajstić information content (AvgIpc) is 3.00. The van der Waals surface area contributed by atoms with E-state index in [1.165, 1.54) is 6.92 Å². The topological polar surface area (TPSA) is 67.0 Å². The molecular formula is C20H23N3O2. The van der Waals surface area contributed by atoms with Crippen LogP contribution in [0, 0.1) is 13.8 Å². The first kappa shape index (κ1) is 17.2. The smallest absolute Gasteiger partial charge is 0.308 e. The molecule has 0 aliphatic heterocycles. The fourth-order valence-corrected chi connectivity index (χ4v) is 2.99. The van der Waals surface area contributed by atoms with Crippen LogP contribution in [-0.2, 0) is 11.3 Å². The summed E-state index contributed by atoms with van der Waals surface area (Å²) in [6.45, 7) is 8.13. The van der Waals surface area contributed by atoms with Gasteiger partial charge in [-0.3, -0.25) is 4.79 Å². The number of nitrogens with zero attached hydrogens (tertiary/aromatic N) is 1. The van der Waals surface area contributed by atoms with Gasteiger partial charge in [0.05, 0.1) is 17.1 Å². The molecule has 3 aromatic rings. The molecule has 0 bridgehead atoms. The van der Waals surface area contributed by atoms with Crippen LogP contribution in [0.4, 0.5) is 0 Å². The predicted octanol–water partition coefficient (Wildman–Crippen LogP) is 3.96. The lowest BCUT2D eigenvalue weighted by Gasteiger charge is -2.14. The Hall–Kier alpha value is -2.66. The van der Waals surface area contributed by atoms with Crippen molar-refractivity contribution in [2.24, 2.45) is 0 Å². The van der Waals surface area contributed by atoms with Crippen LogP contribution in [0.3, 0.4) is 0 Å². The molecule has 0 amide bonds. The number of hydrogen-bond acceptors (Lipinski definition) is 4. The monoisotopic (exact) mass is 337 g/mol. The van der Waals surface area contributed by atoms with E-state index in [2.05, 4.69) is 22.2 Å². The maximum Gasteiger partial charge on any atom is 0.308 e. The zero-order chi connectivity index (χ0) is 18.0. The van der Waals surface area contributed by atoms with Gasteiger partial charge in [-0.15, -0.1) is 0 Å². The summed E-state index contributed by atoms with van der Waals surface area (Å²) in [5.74, 6) is 1.28. The minimum Gasteiger partial charge on any atom is -0.426 e. The number of H-pyrrole nitrogens is 1. The summed E-state index contributed by atoms with van der Waals surface area (Å²) < 4.78 is 5.29. The maximum absolute atomic E-state index is 11.2. The van der Waals surface area contributed by atoms with Crippen LogP contribution in [0.2, 0.25) is 0 Å². The number of esters is 1. The molecule has 0 fully saturated rings. The molecule has 5 nitrogen and oxygen atoms in total. The number of aromatic amines is 1. The van der Waals surface area contributed by atoms with Crippen molar-refractivity contribution in [3.63, 3.8) is 0 Å². The van der Waals surface area contributed by atoms with Crippen molar-refractivity contribution >= 4 is 17.0 Å². The number of aryl methyl sites for hydroxylation is 2. The van der Waals surface area contributed by atoms with E-state index in [9.17, 15) is 4.79 Å². The quantitative estimate of drug-likeness (QED) is 0.546. The molecule has 3 rings (SSSR count). The SMILES string of the molecule is CC(=O)Oc1c(C)cc(CN[C@H](C)c2nc3ccccc3[nH]2)cc1C. The fraction of sp³-hybridized carbons (Fsp3) is 0.300. The molecule has 0 unspecified atom stereocenters. The van der Waals surface area contributed by atoms with Crippen molar-refractivity contribution in [1.82, 2.24) is 15.3 Å². The van der Waals surface area contributed by atoms with E-state index in [4.69, 9.17) is 4.74 Å². The molecule has 0 spiro atoms. The Kier molecular flexibility index (Phi) is 4.86. The molecule has 0 saturated heterocycles. The van der Waals surface area contributed by atoms with E-state index in [-0.39, 0.29) is 12.0 Å². The highest BCUT2D eigenvalue weighted by Gasteiger charge is 2.12. The van der Waals surface area contributed by atoms with Gasteiger partial charge >= 0.3 is 5.97 Å². The van der Waals surface area contributed by atoms with E-state index in [1.807, 2.05) is 50.2 Å². The Balaban J connectivity index is 1.71. The molecule has 1 atom stereocenters. The summed E-state index contributed by atoms with van der Waals surface area (Å²) in [5, 5.41) is 3.49. The number of rotatable bonds is 5. The minimum atomic E-state index is -0.296. The standard InChI is InChI=1S/C20H23N3O2/c1-12-9-16(10-13(2)19(12)25-15(4)24)11-21-14(3)20-22-17-7-5-6-8-18(17)23-20/h5-10,14,21H,11H2,1-4H3,(H,22,23)/t14-/m1/s1. The normalized spacial score (nSPS) is 12.3. The highest BCUT2D eigenvalue weighted by Crippen LogP contribution is 2.25. The van der Waals surface area contributed by atoms with Crippen LogP contribution in [0.1, 0.15) is 42.4 Å². The van der Waals surface area contributed by atoms with Crippen molar-refractivity contribution in [3.05, 3.63) is 58.9 Å². The number of hydrogen-bond donors (Lipinski definition) is 2. The summed E-state index contributed by atoms with van der Waals surface area (Å²) in [5.41, 5.74) is 5.09. The summed E-state index contributed by atoms with van der Waals surface area (Å²) in [6, 6.07) is 12.2. The summed E-state index contributed by atoms with van der Waals surface area (Å²) in [4.78, 5) is 19.2. The number of benzene rings is 2. The van der Waals surface area contributed by atoms with Gasteiger partial charge in [0.2, 0.25) is 0 Å². The number of carbonyl (C=O) groups is 1. The number of carbonyl (C=O) groups excluding carboxylic acids is 1. The molecule has 5 heteroatoms. The van der Waals surface area contributed by atoms with Gasteiger partial charge in [-0.1, -0.05) is 24.3 Å². The number of imidazole rings is 1. The van der Waals surface area contributed by atoms with Crippen molar-refractivity contribution in [1.29, 1.82) is 0 Å². The van der Waals surface area contributed by atoms with E-state index in [0.29, 0.717) is 12.3 Å². The number of aromatic nitrogens is 2. The van der Waals surface area contributed by atoms with Crippen LogP contribution < -0.4 is 10.1 Å². The molecule has 25 heavy (non-hydrogen) atoms. The maximum atomic E-state index is 11.2. The van der Waals surface area contributed by atoms with Gasteiger partial charge in [0.15, 0.2) is 0 Å².